The first kappa shape index (κ1) is 22.2. The number of benzene rings is 1. The molecule has 3 atom stereocenters. The second kappa shape index (κ2) is 8.71. The Balaban J connectivity index is 1.71. The third-order valence-corrected chi connectivity index (χ3v) is 6.04. The lowest BCUT2D eigenvalue weighted by atomic mass is 10.00. The van der Waals surface area contributed by atoms with Gasteiger partial charge in [0.05, 0.1) is 37.4 Å². The lowest BCUT2D eigenvalue weighted by Crippen LogP contribution is -2.34. The van der Waals surface area contributed by atoms with Crippen LogP contribution in [0.5, 0.6) is 11.5 Å². The van der Waals surface area contributed by atoms with Gasteiger partial charge in [0.15, 0.2) is 5.79 Å². The first-order valence-electron chi connectivity index (χ1n) is 9.81. The molecule has 3 rings (SSSR count). The van der Waals surface area contributed by atoms with Gasteiger partial charge < -0.3 is 23.7 Å². The molecule has 1 fully saturated rings. The van der Waals surface area contributed by atoms with Crippen LogP contribution in [0, 0.1) is 0 Å². The first-order chi connectivity index (χ1) is 13.6. The third kappa shape index (κ3) is 5.78. The third-order valence-electron chi connectivity index (χ3n) is 4.61. The fraction of sp³-hybridized carbons (Fsp3) is 0.667. The molecule has 0 radical (unpaired) electrons. The Morgan fingerprint density at radius 2 is 1.97 bits per heavy atom. The zero-order valence-corrected chi connectivity index (χ0v) is 18.8. The van der Waals surface area contributed by atoms with E-state index in [0.717, 1.165) is 11.3 Å². The van der Waals surface area contributed by atoms with Gasteiger partial charge in [-0.1, -0.05) is 0 Å². The van der Waals surface area contributed by atoms with Crippen molar-refractivity contribution in [3.05, 3.63) is 23.8 Å². The van der Waals surface area contributed by atoms with Crippen molar-refractivity contribution in [2.75, 3.05) is 26.9 Å². The topological polar surface area (TPSA) is 75.6 Å². The summed E-state index contributed by atoms with van der Waals surface area (Å²) in [5.74, 6) is 0.789. The molecule has 7 nitrogen and oxygen atoms in total. The Morgan fingerprint density at radius 3 is 2.59 bits per heavy atom. The first-order valence-corrected chi connectivity index (χ1v) is 10.9. The van der Waals surface area contributed by atoms with Crippen molar-refractivity contribution in [2.45, 2.75) is 63.8 Å². The summed E-state index contributed by atoms with van der Waals surface area (Å²) < 4.78 is 45.3. The molecular weight excluding hydrogens is 394 g/mol. The minimum absolute atomic E-state index is 0.0949. The van der Waals surface area contributed by atoms with E-state index in [2.05, 4.69) is 4.40 Å². The maximum atomic E-state index is 12.6. The highest BCUT2D eigenvalue weighted by molar-refractivity contribution is 7.85. The molecule has 29 heavy (non-hydrogen) atoms. The second-order valence-electron chi connectivity index (χ2n) is 8.69. The number of ether oxygens (including phenoxy) is 5. The predicted molar refractivity (Wildman–Crippen MR) is 112 cm³/mol. The van der Waals surface area contributed by atoms with Crippen molar-refractivity contribution in [3.8, 4) is 11.5 Å². The maximum Gasteiger partial charge on any atom is 0.163 e. The zero-order chi connectivity index (χ0) is 21.2. The van der Waals surface area contributed by atoms with Crippen LogP contribution in [0.1, 0.15) is 46.6 Å². The van der Waals surface area contributed by atoms with Crippen LogP contribution in [0.25, 0.3) is 0 Å². The monoisotopic (exact) mass is 425 g/mol. The lowest BCUT2D eigenvalue weighted by molar-refractivity contribution is -0.146. The summed E-state index contributed by atoms with van der Waals surface area (Å²) in [6.07, 6.45) is 0.192. The predicted octanol–water partition coefficient (Wildman–Crippen LogP) is 3.27. The van der Waals surface area contributed by atoms with Crippen LogP contribution in [0.2, 0.25) is 0 Å². The number of rotatable bonds is 6. The molecule has 0 amide bonds. The highest BCUT2D eigenvalue weighted by Gasteiger charge is 2.33. The van der Waals surface area contributed by atoms with Gasteiger partial charge in [0.1, 0.15) is 34.7 Å². The largest absolute Gasteiger partial charge is 0.497 e. The highest BCUT2D eigenvalue weighted by atomic mass is 32.2. The van der Waals surface area contributed by atoms with Crippen LogP contribution >= 0.6 is 0 Å². The number of hydrogen-bond acceptors (Lipinski definition) is 6. The molecule has 1 aromatic carbocycles. The summed E-state index contributed by atoms with van der Waals surface area (Å²) >= 11 is 0. The molecule has 0 aromatic heterocycles. The Hall–Kier alpha value is -1.48. The lowest BCUT2D eigenvalue weighted by Gasteiger charge is -2.28. The Labute approximate surface area is 175 Å². The van der Waals surface area contributed by atoms with Gasteiger partial charge in [-0.25, -0.2) is 4.21 Å². The van der Waals surface area contributed by atoms with Crippen LogP contribution in [0.15, 0.2) is 22.6 Å². The summed E-state index contributed by atoms with van der Waals surface area (Å²) in [7, 11) is 0.254. The normalized spacial score (nSPS) is 26.1. The SMILES string of the molecule is COc1ccc2c(c1)O[C@@H](COC[C@H]1COC(C)(C)O1)C/C2=N\S(=O)C(C)(C)C. The molecule has 1 saturated heterocycles. The summed E-state index contributed by atoms with van der Waals surface area (Å²) in [6.45, 7) is 10.8. The van der Waals surface area contributed by atoms with E-state index in [1.54, 1.807) is 7.11 Å². The Bertz CT molecular complexity index is 786. The van der Waals surface area contributed by atoms with Gasteiger partial charge in [-0.15, -0.1) is 0 Å². The van der Waals surface area contributed by atoms with Crippen molar-refractivity contribution >= 4 is 16.7 Å². The number of nitrogens with zero attached hydrogens (tertiary/aromatic N) is 1. The molecule has 2 aliphatic heterocycles. The van der Waals surface area contributed by atoms with Crippen molar-refractivity contribution in [2.24, 2.45) is 4.40 Å². The van der Waals surface area contributed by atoms with Crippen LogP contribution in [0.4, 0.5) is 0 Å². The molecule has 0 N–H and O–H groups in total. The van der Waals surface area contributed by atoms with E-state index in [9.17, 15) is 4.21 Å². The second-order valence-corrected chi connectivity index (χ2v) is 10.6. The zero-order valence-electron chi connectivity index (χ0n) is 18.0. The van der Waals surface area contributed by atoms with Crippen molar-refractivity contribution in [3.63, 3.8) is 0 Å². The van der Waals surface area contributed by atoms with E-state index in [1.807, 2.05) is 52.8 Å². The average Bonchev–Trinajstić information content (AvgIpc) is 2.99. The van der Waals surface area contributed by atoms with E-state index in [1.165, 1.54) is 0 Å². The smallest absolute Gasteiger partial charge is 0.163 e. The Morgan fingerprint density at radius 1 is 1.24 bits per heavy atom. The highest BCUT2D eigenvalue weighted by Crippen LogP contribution is 2.33. The molecule has 0 saturated carbocycles. The van der Waals surface area contributed by atoms with Gasteiger partial charge in [0.2, 0.25) is 0 Å². The molecule has 0 bridgehead atoms. The molecule has 2 heterocycles. The summed E-state index contributed by atoms with van der Waals surface area (Å²) in [5, 5.41) is 0. The van der Waals surface area contributed by atoms with Gasteiger partial charge >= 0.3 is 0 Å². The minimum atomic E-state index is -1.36. The molecule has 1 unspecified atom stereocenters. The molecule has 162 valence electrons. The maximum absolute atomic E-state index is 12.6. The summed E-state index contributed by atoms with van der Waals surface area (Å²) in [4.78, 5) is 0. The van der Waals surface area contributed by atoms with Gasteiger partial charge in [-0.3, -0.25) is 0 Å². The fourth-order valence-corrected chi connectivity index (χ4v) is 3.75. The quantitative estimate of drug-likeness (QED) is 0.696. The van der Waals surface area contributed by atoms with E-state index < -0.39 is 21.5 Å². The van der Waals surface area contributed by atoms with Crippen molar-refractivity contribution < 1.29 is 27.9 Å². The molecule has 0 spiro atoms. The van der Waals surface area contributed by atoms with Crippen molar-refractivity contribution in [1.82, 2.24) is 0 Å². The van der Waals surface area contributed by atoms with Gasteiger partial charge in [-0.05, 0) is 46.8 Å². The minimum Gasteiger partial charge on any atom is -0.497 e. The van der Waals surface area contributed by atoms with Gasteiger partial charge in [0.25, 0.3) is 0 Å². The molecule has 8 heteroatoms. The van der Waals surface area contributed by atoms with Crippen LogP contribution < -0.4 is 9.47 Å². The van der Waals surface area contributed by atoms with E-state index in [-0.39, 0.29) is 12.2 Å². The van der Waals surface area contributed by atoms with Gasteiger partial charge in [0, 0.05) is 18.1 Å². The molecule has 1 aromatic rings. The van der Waals surface area contributed by atoms with Crippen LogP contribution in [0.3, 0.4) is 0 Å². The van der Waals surface area contributed by atoms with Crippen LogP contribution in [-0.2, 0) is 25.2 Å². The van der Waals surface area contributed by atoms with E-state index in [0.29, 0.717) is 37.7 Å². The Kier molecular flexibility index (Phi) is 6.67. The summed E-state index contributed by atoms with van der Waals surface area (Å²) in [6, 6.07) is 5.58. The molecule has 0 aliphatic carbocycles. The summed E-state index contributed by atoms with van der Waals surface area (Å²) in [5.41, 5.74) is 1.60. The van der Waals surface area contributed by atoms with Gasteiger partial charge in [-0.2, -0.15) is 4.40 Å². The number of hydrogen-bond donors (Lipinski definition) is 0. The fourth-order valence-electron chi connectivity index (χ4n) is 3.10. The van der Waals surface area contributed by atoms with Crippen LogP contribution in [-0.4, -0.2) is 59.6 Å². The number of fused-ring (bicyclic) bond motifs is 1. The number of methoxy groups -OCH3 is 1. The standard InChI is InChI=1S/C21H31NO6S/c1-20(2,3)29(23)22-18-9-15(11-25-12-16-13-26-21(4,5)28-16)27-19-10-14(24-6)7-8-17(18)19/h7-8,10,15-16H,9,11-13H2,1-6H3/b22-18+/t15-,16+,29?/m1/s1. The molecular formula is C21H31NO6S. The molecule has 2 aliphatic rings. The van der Waals surface area contributed by atoms with E-state index >= 15 is 0 Å². The van der Waals surface area contributed by atoms with Crippen molar-refractivity contribution in [1.29, 1.82) is 0 Å². The average molecular weight is 426 g/mol. The van der Waals surface area contributed by atoms with E-state index in [4.69, 9.17) is 23.7 Å².